The van der Waals surface area contributed by atoms with Crippen LogP contribution in [0, 0.1) is 13.8 Å². The van der Waals surface area contributed by atoms with Gasteiger partial charge >= 0.3 is 0 Å². The van der Waals surface area contributed by atoms with E-state index in [0.29, 0.717) is 18.0 Å². The lowest BCUT2D eigenvalue weighted by atomic mass is 9.83. The first-order chi connectivity index (χ1) is 14.2. The molecule has 0 saturated heterocycles. The highest BCUT2D eigenvalue weighted by molar-refractivity contribution is 5.89. The van der Waals surface area contributed by atoms with Crippen LogP contribution in [0.15, 0.2) is 54.6 Å². The maximum atomic E-state index is 4.05. The van der Waals surface area contributed by atoms with Crippen LogP contribution >= 0.6 is 0 Å². The van der Waals surface area contributed by atoms with Crippen molar-refractivity contribution in [2.24, 2.45) is 0 Å². The van der Waals surface area contributed by atoms with Crippen LogP contribution in [0.3, 0.4) is 0 Å². The molecule has 0 spiro atoms. The van der Waals surface area contributed by atoms with Gasteiger partial charge in [0.25, 0.3) is 0 Å². The average Bonchev–Trinajstić information content (AvgIpc) is 3.33. The van der Waals surface area contributed by atoms with Crippen LogP contribution in [0.4, 0.5) is 0 Å². The van der Waals surface area contributed by atoms with Crippen molar-refractivity contribution in [3.05, 3.63) is 82.5 Å². The number of H-pyrrole nitrogens is 1. The van der Waals surface area contributed by atoms with Gasteiger partial charge in [-0.15, -0.1) is 0 Å². The summed E-state index contributed by atoms with van der Waals surface area (Å²) in [7, 11) is 0. The summed E-state index contributed by atoms with van der Waals surface area (Å²) in [6.07, 6.45) is 4.97. The van der Waals surface area contributed by atoms with Crippen molar-refractivity contribution in [2.75, 3.05) is 0 Å². The Labute approximate surface area is 172 Å². The van der Waals surface area contributed by atoms with Crippen molar-refractivity contribution < 1.29 is 0 Å². The number of aryl methyl sites for hydroxylation is 2. The first-order valence-corrected chi connectivity index (χ1v) is 11.0. The Morgan fingerprint density at radius 2 is 1.79 bits per heavy atom. The maximum Gasteiger partial charge on any atom is 0.0519 e. The highest BCUT2D eigenvalue weighted by atomic mass is 15.0. The summed E-state index contributed by atoms with van der Waals surface area (Å²) in [5.74, 6) is 0.656. The van der Waals surface area contributed by atoms with Gasteiger partial charge in [0.05, 0.1) is 6.04 Å². The predicted octanol–water partition coefficient (Wildman–Crippen LogP) is 6.46. The molecule has 3 aromatic carbocycles. The highest BCUT2D eigenvalue weighted by Gasteiger charge is 2.39. The van der Waals surface area contributed by atoms with Gasteiger partial charge in [0, 0.05) is 28.6 Å². The van der Waals surface area contributed by atoms with Gasteiger partial charge in [-0.2, -0.15) is 0 Å². The Kier molecular flexibility index (Phi) is 3.86. The van der Waals surface area contributed by atoms with E-state index in [-0.39, 0.29) is 0 Å². The van der Waals surface area contributed by atoms with Gasteiger partial charge < -0.3 is 10.3 Å². The topological polar surface area (TPSA) is 27.8 Å². The van der Waals surface area contributed by atoms with E-state index in [0.717, 1.165) is 6.42 Å². The lowest BCUT2D eigenvalue weighted by molar-refractivity contribution is 0.374. The quantitative estimate of drug-likeness (QED) is 0.410. The van der Waals surface area contributed by atoms with Crippen molar-refractivity contribution in [3.8, 4) is 0 Å². The minimum atomic E-state index is 0.349. The highest BCUT2D eigenvalue weighted by Crippen LogP contribution is 2.47. The van der Waals surface area contributed by atoms with Gasteiger partial charge in [-0.3, -0.25) is 0 Å². The molecule has 146 valence electrons. The number of fused-ring (bicyclic) bond motifs is 6. The Morgan fingerprint density at radius 1 is 0.931 bits per heavy atom. The second kappa shape index (κ2) is 6.47. The first-order valence-electron chi connectivity index (χ1n) is 11.0. The molecule has 3 atom stereocenters. The summed E-state index contributed by atoms with van der Waals surface area (Å²) in [6.45, 7) is 4.48. The fourth-order valence-corrected chi connectivity index (χ4v) is 6.07. The Morgan fingerprint density at radius 3 is 2.72 bits per heavy atom. The van der Waals surface area contributed by atoms with Crippen LogP contribution in [0.5, 0.6) is 0 Å². The molecule has 1 aromatic heterocycles. The van der Waals surface area contributed by atoms with Crippen LogP contribution in [0.25, 0.3) is 21.7 Å². The SMILES string of the molecule is Cc1cc(C)c2[nH]c3c(c2c1)C1CCCC1NC3Cc1cccc2ccccc12. The minimum absolute atomic E-state index is 0.349. The molecule has 2 heterocycles. The normalized spacial score (nSPS) is 23.4. The smallest absolute Gasteiger partial charge is 0.0519 e. The fraction of sp³-hybridized carbons (Fsp3) is 0.333. The van der Waals surface area contributed by atoms with Gasteiger partial charge in [0.1, 0.15) is 0 Å². The Hall–Kier alpha value is -2.58. The summed E-state index contributed by atoms with van der Waals surface area (Å²) in [4.78, 5) is 3.88. The number of aromatic nitrogens is 1. The summed E-state index contributed by atoms with van der Waals surface area (Å²) in [5, 5.41) is 8.24. The average molecular weight is 381 g/mol. The lowest BCUT2D eigenvalue weighted by Crippen LogP contribution is -2.40. The van der Waals surface area contributed by atoms with Crippen molar-refractivity contribution in [1.29, 1.82) is 0 Å². The van der Waals surface area contributed by atoms with E-state index in [9.17, 15) is 0 Å². The van der Waals surface area contributed by atoms with E-state index in [1.165, 1.54) is 63.3 Å². The van der Waals surface area contributed by atoms with Crippen LogP contribution in [-0.2, 0) is 6.42 Å². The van der Waals surface area contributed by atoms with Crippen molar-refractivity contribution in [1.82, 2.24) is 10.3 Å². The second-order valence-electron chi connectivity index (χ2n) is 9.16. The third-order valence-electron chi connectivity index (χ3n) is 7.27. The molecular formula is C27H28N2. The van der Waals surface area contributed by atoms with Crippen molar-refractivity contribution in [2.45, 2.75) is 57.5 Å². The molecule has 1 saturated carbocycles. The van der Waals surface area contributed by atoms with Crippen LogP contribution in [0.1, 0.15) is 59.2 Å². The summed E-state index contributed by atoms with van der Waals surface area (Å²) in [6, 6.07) is 21.2. The number of hydrogen-bond acceptors (Lipinski definition) is 1. The van der Waals surface area contributed by atoms with Gasteiger partial charge in [-0.1, -0.05) is 60.5 Å². The van der Waals surface area contributed by atoms with Gasteiger partial charge in [0.2, 0.25) is 0 Å². The molecule has 2 N–H and O–H groups in total. The molecule has 2 nitrogen and oxygen atoms in total. The molecule has 4 aromatic rings. The zero-order valence-corrected chi connectivity index (χ0v) is 17.3. The van der Waals surface area contributed by atoms with Crippen LogP contribution in [-0.4, -0.2) is 11.0 Å². The number of aromatic amines is 1. The number of benzene rings is 3. The number of nitrogens with one attached hydrogen (secondary N) is 2. The molecule has 29 heavy (non-hydrogen) atoms. The van der Waals surface area contributed by atoms with E-state index in [1.807, 2.05) is 0 Å². The monoisotopic (exact) mass is 380 g/mol. The van der Waals surface area contributed by atoms with Crippen molar-refractivity contribution >= 4 is 21.7 Å². The van der Waals surface area contributed by atoms with Gasteiger partial charge in [-0.05, 0) is 66.6 Å². The van der Waals surface area contributed by atoms with Crippen LogP contribution < -0.4 is 5.32 Å². The van der Waals surface area contributed by atoms with E-state index in [4.69, 9.17) is 0 Å². The molecule has 1 aliphatic heterocycles. The van der Waals surface area contributed by atoms with E-state index in [2.05, 4.69) is 78.7 Å². The predicted molar refractivity (Wildman–Crippen MR) is 122 cm³/mol. The fourth-order valence-electron chi connectivity index (χ4n) is 6.07. The zero-order valence-electron chi connectivity index (χ0n) is 17.3. The third-order valence-corrected chi connectivity index (χ3v) is 7.27. The maximum absolute atomic E-state index is 4.05. The molecule has 1 aliphatic carbocycles. The molecule has 0 bridgehead atoms. The standard InChI is InChI=1S/C27H28N2/c1-16-13-17(2)26-22(14-16)25-21-11-6-12-23(21)28-24(27(25)29-26)15-19-9-5-8-18-7-3-4-10-20(18)19/h3-5,7-10,13-14,21,23-24,28-29H,6,11-12,15H2,1-2H3. The number of hydrogen-bond donors (Lipinski definition) is 2. The summed E-state index contributed by atoms with van der Waals surface area (Å²) >= 11 is 0. The molecule has 2 aliphatic rings. The lowest BCUT2D eigenvalue weighted by Gasteiger charge is -2.34. The summed E-state index contributed by atoms with van der Waals surface area (Å²) < 4.78 is 0. The molecule has 0 radical (unpaired) electrons. The molecule has 1 fully saturated rings. The molecular weight excluding hydrogens is 352 g/mol. The Bertz CT molecular complexity index is 1230. The molecule has 2 heteroatoms. The first kappa shape index (κ1) is 17.3. The van der Waals surface area contributed by atoms with E-state index < -0.39 is 0 Å². The van der Waals surface area contributed by atoms with Gasteiger partial charge in [-0.25, -0.2) is 0 Å². The largest absolute Gasteiger partial charge is 0.357 e. The molecule has 0 amide bonds. The molecule has 6 rings (SSSR count). The zero-order chi connectivity index (χ0) is 19.5. The van der Waals surface area contributed by atoms with Crippen molar-refractivity contribution in [3.63, 3.8) is 0 Å². The third kappa shape index (κ3) is 2.66. The van der Waals surface area contributed by atoms with Crippen LogP contribution in [0.2, 0.25) is 0 Å². The minimum Gasteiger partial charge on any atom is -0.357 e. The van der Waals surface area contributed by atoms with Gasteiger partial charge in [0.15, 0.2) is 0 Å². The Balaban J connectivity index is 1.52. The number of rotatable bonds is 2. The van der Waals surface area contributed by atoms with E-state index in [1.54, 1.807) is 5.56 Å². The van der Waals surface area contributed by atoms with E-state index >= 15 is 0 Å². The molecule has 3 unspecified atom stereocenters. The summed E-state index contributed by atoms with van der Waals surface area (Å²) in [5.41, 5.74) is 8.57. The second-order valence-corrected chi connectivity index (χ2v) is 9.16.